The number of rotatable bonds is 4. The van der Waals surface area contributed by atoms with Crippen LogP contribution in [0.4, 0.5) is 0 Å². The van der Waals surface area contributed by atoms with Crippen LogP contribution in [0, 0.1) is 125 Å². The average Bonchev–Trinajstić information content (AvgIpc) is 3.58. The standard InChI is InChI=1S/C44H54N4O/c1-19-21(3)25(7)41-37(23(19)5)35(17)45-47(41)39-27(9)31(13)43(32(14)28(39)10)49-44-33(15)29(11)40(30(12)34(44)16)48-42-26(8)22(4)20(2)24(6)38(42)36(18)46-48/h1-18H3. The molecule has 6 rings (SSSR count). The SMILES string of the molecule is Cc1c(C)c(-n2nc(C)c3c(C)c(C)c(C)c(C)c32)c(C)c(C)c1Oc1c(C)c(C)c(-n2nc(C)c3c(C)c(C)c(C)c(C)c32)c(C)c1C. The van der Waals surface area contributed by atoms with Gasteiger partial charge in [0.2, 0.25) is 0 Å². The number of aromatic nitrogens is 4. The quantitative estimate of drug-likeness (QED) is 0.190. The summed E-state index contributed by atoms with van der Waals surface area (Å²) >= 11 is 0. The van der Waals surface area contributed by atoms with E-state index in [2.05, 4.69) is 134 Å². The van der Waals surface area contributed by atoms with Crippen molar-refractivity contribution in [1.82, 2.24) is 19.6 Å². The molecule has 0 amide bonds. The van der Waals surface area contributed by atoms with Crippen LogP contribution in [-0.2, 0) is 0 Å². The maximum atomic E-state index is 7.09. The Bertz CT molecular complexity index is 2200. The van der Waals surface area contributed by atoms with Crippen LogP contribution in [0.3, 0.4) is 0 Å². The maximum absolute atomic E-state index is 7.09. The van der Waals surface area contributed by atoms with Crippen molar-refractivity contribution in [1.29, 1.82) is 0 Å². The lowest BCUT2D eigenvalue weighted by Gasteiger charge is -2.25. The molecule has 4 aromatic carbocycles. The number of aryl methyl sites for hydroxylation is 6. The molecule has 256 valence electrons. The highest BCUT2D eigenvalue weighted by atomic mass is 16.5. The molecule has 0 saturated heterocycles. The van der Waals surface area contributed by atoms with E-state index in [9.17, 15) is 0 Å². The van der Waals surface area contributed by atoms with Crippen molar-refractivity contribution in [2.24, 2.45) is 0 Å². The van der Waals surface area contributed by atoms with Crippen molar-refractivity contribution in [2.75, 3.05) is 0 Å². The van der Waals surface area contributed by atoms with Crippen LogP contribution in [0.25, 0.3) is 33.2 Å². The Kier molecular flexibility index (Phi) is 8.17. The Hall–Kier alpha value is -4.38. The van der Waals surface area contributed by atoms with E-state index in [0.29, 0.717) is 0 Å². The zero-order chi connectivity index (χ0) is 36.3. The van der Waals surface area contributed by atoms with E-state index in [1.54, 1.807) is 0 Å². The average molecular weight is 655 g/mol. The molecule has 0 saturated carbocycles. The molecule has 0 bridgehead atoms. The van der Waals surface area contributed by atoms with Gasteiger partial charge in [-0.25, -0.2) is 9.36 Å². The summed E-state index contributed by atoms with van der Waals surface area (Å²) in [6, 6.07) is 0. The van der Waals surface area contributed by atoms with Gasteiger partial charge in [-0.05, 0) is 214 Å². The van der Waals surface area contributed by atoms with Crippen molar-refractivity contribution in [2.45, 2.75) is 125 Å². The van der Waals surface area contributed by atoms with Crippen LogP contribution < -0.4 is 4.74 Å². The topological polar surface area (TPSA) is 44.9 Å². The first kappa shape index (κ1) is 34.5. The van der Waals surface area contributed by atoms with Crippen molar-refractivity contribution in [3.8, 4) is 22.9 Å². The van der Waals surface area contributed by atoms with Crippen LogP contribution in [0.15, 0.2) is 0 Å². The highest BCUT2D eigenvalue weighted by Crippen LogP contribution is 2.44. The van der Waals surface area contributed by atoms with Gasteiger partial charge in [0.1, 0.15) is 11.5 Å². The molecule has 0 atom stereocenters. The van der Waals surface area contributed by atoms with Gasteiger partial charge in [-0.3, -0.25) is 0 Å². The summed E-state index contributed by atoms with van der Waals surface area (Å²) in [6.45, 7) is 39.8. The summed E-state index contributed by atoms with van der Waals surface area (Å²) < 4.78 is 11.5. The fourth-order valence-electron chi connectivity index (χ4n) is 8.38. The fourth-order valence-corrected chi connectivity index (χ4v) is 8.38. The number of ether oxygens (including phenoxy) is 1. The van der Waals surface area contributed by atoms with E-state index in [-0.39, 0.29) is 0 Å². The normalized spacial score (nSPS) is 11.9. The van der Waals surface area contributed by atoms with E-state index >= 15 is 0 Å². The molecule has 6 aromatic rings. The smallest absolute Gasteiger partial charge is 0.133 e. The Morgan fingerprint density at radius 2 is 0.571 bits per heavy atom. The largest absolute Gasteiger partial charge is 0.456 e. The van der Waals surface area contributed by atoms with Crippen LogP contribution in [0.2, 0.25) is 0 Å². The van der Waals surface area contributed by atoms with Gasteiger partial charge >= 0.3 is 0 Å². The van der Waals surface area contributed by atoms with Gasteiger partial charge in [-0.1, -0.05) is 0 Å². The van der Waals surface area contributed by atoms with Crippen LogP contribution in [-0.4, -0.2) is 19.6 Å². The molecule has 2 heterocycles. The molecule has 49 heavy (non-hydrogen) atoms. The minimum absolute atomic E-state index is 0.933. The molecule has 0 radical (unpaired) electrons. The van der Waals surface area contributed by atoms with Gasteiger partial charge in [0.15, 0.2) is 0 Å². The van der Waals surface area contributed by atoms with Crippen LogP contribution in [0.1, 0.15) is 100 Å². The lowest BCUT2D eigenvalue weighted by molar-refractivity contribution is 0.465. The summed E-state index contributed by atoms with van der Waals surface area (Å²) in [6.07, 6.45) is 0. The predicted molar refractivity (Wildman–Crippen MR) is 207 cm³/mol. The first-order valence-electron chi connectivity index (χ1n) is 17.6. The molecule has 0 aliphatic carbocycles. The molecule has 0 aliphatic rings. The third kappa shape index (κ3) is 4.64. The first-order valence-corrected chi connectivity index (χ1v) is 17.6. The van der Waals surface area contributed by atoms with E-state index < -0.39 is 0 Å². The molecular formula is C44H54N4O. The molecule has 0 spiro atoms. The number of nitrogens with zero attached hydrogens (tertiary/aromatic N) is 4. The Morgan fingerprint density at radius 3 is 0.857 bits per heavy atom. The van der Waals surface area contributed by atoms with Crippen molar-refractivity contribution in [3.63, 3.8) is 0 Å². The molecule has 0 unspecified atom stereocenters. The molecule has 2 aromatic heterocycles. The maximum Gasteiger partial charge on any atom is 0.133 e. The summed E-state index contributed by atoms with van der Waals surface area (Å²) in [4.78, 5) is 0. The Morgan fingerprint density at radius 1 is 0.306 bits per heavy atom. The monoisotopic (exact) mass is 654 g/mol. The molecule has 5 heteroatoms. The predicted octanol–water partition coefficient (Wildman–Crippen LogP) is 11.7. The number of hydrogen-bond acceptors (Lipinski definition) is 3. The van der Waals surface area contributed by atoms with Crippen LogP contribution in [0.5, 0.6) is 11.5 Å². The zero-order valence-corrected chi connectivity index (χ0v) is 33.2. The lowest BCUT2D eigenvalue weighted by Crippen LogP contribution is -2.11. The van der Waals surface area contributed by atoms with E-state index in [0.717, 1.165) is 56.5 Å². The second-order valence-corrected chi connectivity index (χ2v) is 14.9. The second kappa shape index (κ2) is 11.6. The van der Waals surface area contributed by atoms with Gasteiger partial charge in [-0.2, -0.15) is 10.2 Å². The Labute approximate surface area is 293 Å². The minimum Gasteiger partial charge on any atom is -0.456 e. The van der Waals surface area contributed by atoms with Gasteiger partial charge in [-0.15, -0.1) is 0 Å². The van der Waals surface area contributed by atoms with Gasteiger partial charge < -0.3 is 4.74 Å². The van der Waals surface area contributed by atoms with E-state index in [1.165, 1.54) is 88.6 Å². The number of benzene rings is 4. The summed E-state index contributed by atoms with van der Waals surface area (Å²) in [5.41, 5.74) is 26.8. The summed E-state index contributed by atoms with van der Waals surface area (Å²) in [7, 11) is 0. The van der Waals surface area contributed by atoms with Crippen molar-refractivity contribution in [3.05, 3.63) is 100 Å². The van der Waals surface area contributed by atoms with Crippen molar-refractivity contribution < 1.29 is 4.74 Å². The van der Waals surface area contributed by atoms with E-state index in [4.69, 9.17) is 14.9 Å². The van der Waals surface area contributed by atoms with Gasteiger partial charge in [0.05, 0.1) is 33.8 Å². The molecule has 0 fully saturated rings. The lowest BCUT2D eigenvalue weighted by atomic mass is 9.93. The van der Waals surface area contributed by atoms with Gasteiger partial charge in [0, 0.05) is 10.8 Å². The Balaban J connectivity index is 1.54. The number of fused-ring (bicyclic) bond motifs is 2. The molecule has 0 aliphatic heterocycles. The van der Waals surface area contributed by atoms with Crippen molar-refractivity contribution >= 4 is 21.8 Å². The van der Waals surface area contributed by atoms with Crippen LogP contribution >= 0.6 is 0 Å². The third-order valence-electron chi connectivity index (χ3n) is 12.6. The molecule has 5 nitrogen and oxygen atoms in total. The minimum atomic E-state index is 0.933. The summed E-state index contributed by atoms with van der Waals surface area (Å²) in [5.74, 6) is 1.87. The van der Waals surface area contributed by atoms with Gasteiger partial charge in [0.25, 0.3) is 0 Å². The highest BCUT2D eigenvalue weighted by Gasteiger charge is 2.27. The molecular weight excluding hydrogens is 601 g/mol. The zero-order valence-electron chi connectivity index (χ0n) is 33.2. The summed E-state index contributed by atoms with van der Waals surface area (Å²) in [5, 5.41) is 12.9. The second-order valence-electron chi connectivity index (χ2n) is 14.9. The molecule has 0 N–H and O–H groups in total. The number of hydrogen-bond donors (Lipinski definition) is 0. The highest BCUT2D eigenvalue weighted by molar-refractivity contribution is 5.93. The fraction of sp³-hybridized carbons (Fsp3) is 0.409. The first-order chi connectivity index (χ1) is 22.8. The van der Waals surface area contributed by atoms with E-state index in [1.807, 2.05) is 0 Å². The third-order valence-corrected chi connectivity index (χ3v) is 12.6.